The standard InChI is InChI=1S/C11H17N3O2S2/c1-8-7-18-11(16)14(8)6-4-10(15)13(2)5-3-9(12)17/h7H,3-6H2,1-2H3,(H2,12,17). The van der Waals surface area contributed by atoms with Crippen LogP contribution in [0.15, 0.2) is 10.2 Å². The predicted molar refractivity (Wildman–Crippen MR) is 77.0 cm³/mol. The highest BCUT2D eigenvalue weighted by Gasteiger charge is 2.10. The lowest BCUT2D eigenvalue weighted by Gasteiger charge is -2.16. The summed E-state index contributed by atoms with van der Waals surface area (Å²) in [6.45, 7) is 2.80. The van der Waals surface area contributed by atoms with E-state index in [-0.39, 0.29) is 10.8 Å². The number of carbonyl (C=O) groups excluding carboxylic acids is 1. The smallest absolute Gasteiger partial charge is 0.307 e. The van der Waals surface area contributed by atoms with Crippen LogP contribution in [-0.4, -0.2) is 34.0 Å². The molecule has 0 saturated carbocycles. The van der Waals surface area contributed by atoms with E-state index in [1.807, 2.05) is 6.92 Å². The molecule has 1 rings (SSSR count). The molecule has 0 aliphatic rings. The zero-order valence-electron chi connectivity index (χ0n) is 10.5. The molecule has 7 heteroatoms. The third-order valence-corrected chi connectivity index (χ3v) is 3.73. The summed E-state index contributed by atoms with van der Waals surface area (Å²) in [4.78, 5) is 25.2. The number of hydrogen-bond acceptors (Lipinski definition) is 4. The molecule has 0 unspecified atom stereocenters. The molecule has 0 bridgehead atoms. The minimum atomic E-state index is -0.0221. The van der Waals surface area contributed by atoms with Crippen molar-refractivity contribution in [1.82, 2.24) is 9.47 Å². The molecule has 0 aliphatic carbocycles. The summed E-state index contributed by atoms with van der Waals surface area (Å²) in [5.74, 6) is -0.0104. The van der Waals surface area contributed by atoms with Crippen LogP contribution in [0.4, 0.5) is 0 Å². The average Bonchev–Trinajstić information content (AvgIpc) is 2.63. The predicted octanol–water partition coefficient (Wildman–Crippen LogP) is 0.743. The number of aryl methyl sites for hydroxylation is 1. The van der Waals surface area contributed by atoms with Crippen molar-refractivity contribution in [2.24, 2.45) is 5.73 Å². The van der Waals surface area contributed by atoms with Crippen molar-refractivity contribution in [3.63, 3.8) is 0 Å². The fraction of sp³-hybridized carbons (Fsp3) is 0.545. The second-order valence-corrected chi connectivity index (χ2v) is 5.42. The Morgan fingerprint density at radius 1 is 1.56 bits per heavy atom. The van der Waals surface area contributed by atoms with Gasteiger partial charge in [0, 0.05) is 44.1 Å². The number of rotatable bonds is 6. The molecule has 0 radical (unpaired) electrons. The van der Waals surface area contributed by atoms with E-state index >= 15 is 0 Å². The molecule has 18 heavy (non-hydrogen) atoms. The summed E-state index contributed by atoms with van der Waals surface area (Å²) >= 11 is 5.91. The summed E-state index contributed by atoms with van der Waals surface area (Å²) in [5.41, 5.74) is 6.27. The van der Waals surface area contributed by atoms with Gasteiger partial charge in [0.15, 0.2) is 0 Å². The Balaban J connectivity index is 2.46. The van der Waals surface area contributed by atoms with E-state index < -0.39 is 0 Å². The lowest BCUT2D eigenvalue weighted by Crippen LogP contribution is -2.31. The first-order valence-corrected chi connectivity index (χ1v) is 6.88. The van der Waals surface area contributed by atoms with Crippen LogP contribution in [0.3, 0.4) is 0 Å². The van der Waals surface area contributed by atoms with Gasteiger partial charge in [-0.3, -0.25) is 9.59 Å². The number of thiazole rings is 1. The summed E-state index contributed by atoms with van der Waals surface area (Å²) in [6, 6.07) is 0. The Bertz CT molecular complexity index is 493. The molecule has 1 amide bonds. The van der Waals surface area contributed by atoms with Gasteiger partial charge in [-0.25, -0.2) is 0 Å². The molecule has 1 aromatic heterocycles. The van der Waals surface area contributed by atoms with Crippen LogP contribution in [0.2, 0.25) is 0 Å². The van der Waals surface area contributed by atoms with Crippen molar-refractivity contribution in [2.45, 2.75) is 26.3 Å². The number of nitrogens with zero attached hydrogens (tertiary/aromatic N) is 2. The van der Waals surface area contributed by atoms with Crippen LogP contribution in [0.1, 0.15) is 18.5 Å². The van der Waals surface area contributed by atoms with Gasteiger partial charge in [-0.2, -0.15) is 0 Å². The molecule has 0 aliphatic heterocycles. The molecule has 1 aromatic rings. The molecule has 0 saturated heterocycles. The van der Waals surface area contributed by atoms with Crippen LogP contribution in [-0.2, 0) is 11.3 Å². The summed E-state index contributed by atoms with van der Waals surface area (Å²) in [5, 5.41) is 1.80. The van der Waals surface area contributed by atoms with Crippen LogP contribution < -0.4 is 10.6 Å². The van der Waals surface area contributed by atoms with Crippen molar-refractivity contribution >= 4 is 34.5 Å². The molecule has 0 atom stereocenters. The molecule has 0 fully saturated rings. The number of thiocarbonyl (C=S) groups is 1. The van der Waals surface area contributed by atoms with E-state index in [1.54, 1.807) is 21.9 Å². The zero-order chi connectivity index (χ0) is 13.7. The molecule has 5 nitrogen and oxygen atoms in total. The minimum absolute atomic E-state index is 0.0104. The van der Waals surface area contributed by atoms with Gasteiger partial charge in [0.1, 0.15) is 0 Å². The number of carbonyl (C=O) groups is 1. The van der Waals surface area contributed by atoms with Crippen LogP contribution >= 0.6 is 23.6 Å². The van der Waals surface area contributed by atoms with Gasteiger partial charge in [0.25, 0.3) is 0 Å². The largest absolute Gasteiger partial charge is 0.393 e. The SMILES string of the molecule is Cc1csc(=O)n1CCC(=O)N(C)CCC(N)=S. The van der Waals surface area contributed by atoms with Crippen LogP contribution in [0, 0.1) is 6.92 Å². The van der Waals surface area contributed by atoms with E-state index in [1.165, 1.54) is 0 Å². The van der Waals surface area contributed by atoms with Gasteiger partial charge in [-0.1, -0.05) is 23.6 Å². The van der Waals surface area contributed by atoms with Crippen molar-refractivity contribution in [3.8, 4) is 0 Å². The fourth-order valence-corrected chi connectivity index (χ4v) is 2.33. The molecular formula is C11H17N3O2S2. The lowest BCUT2D eigenvalue weighted by atomic mass is 10.3. The average molecular weight is 287 g/mol. The first kappa shape index (κ1) is 14.8. The van der Waals surface area contributed by atoms with Crippen molar-refractivity contribution in [3.05, 3.63) is 20.7 Å². The lowest BCUT2D eigenvalue weighted by molar-refractivity contribution is -0.130. The number of nitrogens with two attached hydrogens (primary N) is 1. The topological polar surface area (TPSA) is 68.3 Å². The van der Waals surface area contributed by atoms with Gasteiger partial charge in [0.05, 0.1) is 4.99 Å². The van der Waals surface area contributed by atoms with E-state index in [9.17, 15) is 9.59 Å². The quantitative estimate of drug-likeness (QED) is 0.784. The Kier molecular flexibility index (Phi) is 5.49. The maximum atomic E-state index is 11.8. The highest BCUT2D eigenvalue weighted by molar-refractivity contribution is 7.80. The van der Waals surface area contributed by atoms with Gasteiger partial charge in [-0.05, 0) is 6.92 Å². The van der Waals surface area contributed by atoms with Crippen molar-refractivity contribution < 1.29 is 4.79 Å². The highest BCUT2D eigenvalue weighted by Crippen LogP contribution is 2.02. The second kappa shape index (κ2) is 6.65. The van der Waals surface area contributed by atoms with Crippen molar-refractivity contribution in [1.29, 1.82) is 0 Å². The number of hydrogen-bond donors (Lipinski definition) is 1. The van der Waals surface area contributed by atoms with E-state index in [4.69, 9.17) is 18.0 Å². The molecule has 0 aromatic carbocycles. The molecule has 0 spiro atoms. The zero-order valence-corrected chi connectivity index (χ0v) is 12.1. The Labute approximate surface area is 115 Å². The molecular weight excluding hydrogens is 270 g/mol. The first-order chi connectivity index (χ1) is 8.41. The van der Waals surface area contributed by atoms with Crippen LogP contribution in [0.25, 0.3) is 0 Å². The highest BCUT2D eigenvalue weighted by atomic mass is 32.1. The Morgan fingerprint density at radius 2 is 2.22 bits per heavy atom. The molecule has 100 valence electrons. The number of amides is 1. The van der Waals surface area contributed by atoms with Crippen LogP contribution in [0.5, 0.6) is 0 Å². The Hall–Kier alpha value is -1.21. The fourth-order valence-electron chi connectivity index (χ4n) is 1.48. The Morgan fingerprint density at radius 3 is 2.72 bits per heavy atom. The maximum absolute atomic E-state index is 11.8. The van der Waals surface area contributed by atoms with Crippen molar-refractivity contribution in [2.75, 3.05) is 13.6 Å². The van der Waals surface area contributed by atoms with E-state index in [2.05, 4.69) is 0 Å². The second-order valence-electron chi connectivity index (χ2n) is 4.08. The molecule has 1 heterocycles. The van der Waals surface area contributed by atoms with Gasteiger partial charge in [0.2, 0.25) is 5.91 Å². The normalized spacial score (nSPS) is 10.3. The van der Waals surface area contributed by atoms with Gasteiger partial charge >= 0.3 is 4.87 Å². The van der Waals surface area contributed by atoms with E-state index in [0.717, 1.165) is 17.0 Å². The monoisotopic (exact) mass is 287 g/mol. The third-order valence-electron chi connectivity index (χ3n) is 2.65. The third kappa shape index (κ3) is 4.23. The number of aromatic nitrogens is 1. The maximum Gasteiger partial charge on any atom is 0.307 e. The first-order valence-electron chi connectivity index (χ1n) is 5.59. The van der Waals surface area contributed by atoms with Gasteiger partial charge in [-0.15, -0.1) is 0 Å². The molecule has 2 N–H and O–H groups in total. The van der Waals surface area contributed by atoms with Gasteiger partial charge < -0.3 is 15.2 Å². The summed E-state index contributed by atoms with van der Waals surface area (Å²) < 4.78 is 1.62. The van der Waals surface area contributed by atoms with E-state index in [0.29, 0.717) is 30.9 Å². The summed E-state index contributed by atoms with van der Waals surface area (Å²) in [7, 11) is 1.71. The minimum Gasteiger partial charge on any atom is -0.393 e. The summed E-state index contributed by atoms with van der Waals surface area (Å²) in [6.07, 6.45) is 0.834.